The number of rotatable bonds is 2. The molecule has 3 aromatic rings. The van der Waals surface area contributed by atoms with Crippen molar-refractivity contribution in [3.8, 4) is 11.5 Å². The summed E-state index contributed by atoms with van der Waals surface area (Å²) < 4.78 is 7.30. The van der Waals surface area contributed by atoms with E-state index in [2.05, 4.69) is 34.1 Å². The number of ether oxygens (including phenoxy) is 1. The van der Waals surface area contributed by atoms with E-state index >= 15 is 0 Å². The van der Waals surface area contributed by atoms with Crippen LogP contribution >= 0.6 is 15.9 Å². The summed E-state index contributed by atoms with van der Waals surface area (Å²) in [4.78, 5) is 0. The molecule has 0 spiro atoms. The Bertz CT molecular complexity index is 1040. The fraction of sp³-hybridized carbons (Fsp3) is 0.136. The third-order valence-electron chi connectivity index (χ3n) is 5.06. The third kappa shape index (κ3) is 2.79. The van der Waals surface area contributed by atoms with Crippen LogP contribution in [0.4, 0.5) is 0 Å². The average Bonchev–Trinajstić information content (AvgIpc) is 3.15. The number of halogens is 1. The molecule has 0 aromatic heterocycles. The second-order valence-electron chi connectivity index (χ2n) is 6.72. The number of benzene rings is 3. The maximum absolute atomic E-state index is 10.4. The first-order valence-corrected chi connectivity index (χ1v) is 9.65. The number of nitrogens with zero attached hydrogens (tertiary/aromatic N) is 2. The lowest BCUT2D eigenvalue weighted by Crippen LogP contribution is -2.33. The van der Waals surface area contributed by atoms with Gasteiger partial charge in [-0.25, -0.2) is 5.01 Å². The molecular weight excluding hydrogens is 404 g/mol. The number of phenolic OH excluding ortho intramolecular Hbond substituents is 1. The molecule has 2 heterocycles. The van der Waals surface area contributed by atoms with Crippen LogP contribution in [-0.4, -0.2) is 15.8 Å². The zero-order chi connectivity index (χ0) is 18.4. The first-order valence-electron chi connectivity index (χ1n) is 8.86. The molecule has 2 aliphatic heterocycles. The van der Waals surface area contributed by atoms with Crippen molar-refractivity contribution < 1.29 is 9.84 Å². The van der Waals surface area contributed by atoms with Crippen LogP contribution < -0.4 is 4.74 Å². The highest BCUT2D eigenvalue weighted by Gasteiger charge is 2.41. The maximum atomic E-state index is 10.4. The lowest BCUT2D eigenvalue weighted by molar-refractivity contribution is -0.0203. The van der Waals surface area contributed by atoms with Crippen LogP contribution in [0.3, 0.4) is 0 Å². The van der Waals surface area contributed by atoms with E-state index in [0.29, 0.717) is 5.56 Å². The normalized spacial score (nSPS) is 20.5. The summed E-state index contributed by atoms with van der Waals surface area (Å²) in [7, 11) is 0. The summed E-state index contributed by atoms with van der Waals surface area (Å²) in [5.41, 5.74) is 3.96. The van der Waals surface area contributed by atoms with E-state index in [1.807, 2.05) is 53.5 Å². The minimum absolute atomic E-state index is 0.0612. The molecule has 0 saturated carbocycles. The number of hydrogen-bond acceptors (Lipinski definition) is 4. The van der Waals surface area contributed by atoms with Crippen molar-refractivity contribution in [1.29, 1.82) is 0 Å². The first-order chi connectivity index (χ1) is 13.2. The first kappa shape index (κ1) is 16.4. The van der Waals surface area contributed by atoms with E-state index in [9.17, 15) is 5.11 Å². The second kappa shape index (κ2) is 6.43. The monoisotopic (exact) mass is 420 g/mol. The number of hydrazone groups is 1. The molecule has 5 rings (SSSR count). The van der Waals surface area contributed by atoms with Gasteiger partial charge in [-0.1, -0.05) is 58.4 Å². The fourth-order valence-electron chi connectivity index (χ4n) is 3.76. The lowest BCUT2D eigenvalue weighted by atomic mass is 9.96. The summed E-state index contributed by atoms with van der Waals surface area (Å²) in [5, 5.41) is 17.3. The van der Waals surface area contributed by atoms with Gasteiger partial charge in [-0.05, 0) is 35.9 Å². The van der Waals surface area contributed by atoms with Crippen molar-refractivity contribution in [3.63, 3.8) is 0 Å². The van der Waals surface area contributed by atoms with Gasteiger partial charge in [0.15, 0.2) is 0 Å². The van der Waals surface area contributed by atoms with E-state index in [1.165, 1.54) is 0 Å². The Morgan fingerprint density at radius 2 is 1.74 bits per heavy atom. The minimum Gasteiger partial charge on any atom is -0.507 e. The van der Waals surface area contributed by atoms with E-state index in [4.69, 9.17) is 9.84 Å². The largest absolute Gasteiger partial charge is 0.507 e. The molecule has 0 fully saturated rings. The van der Waals surface area contributed by atoms with E-state index < -0.39 is 6.23 Å². The summed E-state index contributed by atoms with van der Waals surface area (Å²) in [6.45, 7) is 0. The molecule has 1 N–H and O–H groups in total. The van der Waals surface area contributed by atoms with Gasteiger partial charge in [-0.2, -0.15) is 5.10 Å². The Balaban J connectivity index is 1.64. The topological polar surface area (TPSA) is 45.1 Å². The molecule has 0 unspecified atom stereocenters. The Kier molecular flexibility index (Phi) is 3.90. The summed E-state index contributed by atoms with van der Waals surface area (Å²) in [5.74, 6) is 1.04. The van der Waals surface area contributed by atoms with Crippen LogP contribution in [-0.2, 0) is 0 Å². The van der Waals surface area contributed by atoms with Crippen LogP contribution in [0, 0.1) is 0 Å². The molecule has 2 atom stereocenters. The Morgan fingerprint density at radius 3 is 2.56 bits per heavy atom. The van der Waals surface area contributed by atoms with Crippen molar-refractivity contribution in [2.24, 2.45) is 5.10 Å². The fourth-order valence-corrected chi connectivity index (χ4v) is 4.14. The molecule has 4 nitrogen and oxygen atoms in total. The number of phenols is 1. The predicted octanol–water partition coefficient (Wildman–Crippen LogP) is 5.40. The van der Waals surface area contributed by atoms with Crippen LogP contribution in [0.2, 0.25) is 0 Å². The molecule has 0 saturated heterocycles. The maximum Gasteiger partial charge on any atom is 0.217 e. The smallest absolute Gasteiger partial charge is 0.217 e. The highest BCUT2D eigenvalue weighted by Crippen LogP contribution is 2.49. The van der Waals surface area contributed by atoms with Gasteiger partial charge >= 0.3 is 0 Å². The standard InChI is InChI=1S/C22H17BrN2O2/c23-15-10-11-21-17(12-15)19-13-18(14-6-2-1-3-7-14)24-25(19)22(27-21)16-8-4-5-9-20(16)26/h1-12,19,22,26H,13H2/t19-,22-/m0/s1. The molecular formula is C22H17BrN2O2. The number of para-hydroxylation sites is 1. The number of aromatic hydroxyl groups is 1. The molecule has 3 aromatic carbocycles. The Hall–Kier alpha value is -2.79. The van der Waals surface area contributed by atoms with Crippen LogP contribution in [0.1, 0.15) is 35.4 Å². The molecule has 0 aliphatic carbocycles. The Morgan fingerprint density at radius 1 is 0.963 bits per heavy atom. The third-order valence-corrected chi connectivity index (χ3v) is 5.55. The zero-order valence-electron chi connectivity index (χ0n) is 14.4. The van der Waals surface area contributed by atoms with E-state index in [1.54, 1.807) is 6.07 Å². The van der Waals surface area contributed by atoms with Gasteiger partial charge in [0.1, 0.15) is 11.5 Å². The molecule has 0 amide bonds. The average molecular weight is 421 g/mol. The molecule has 134 valence electrons. The van der Waals surface area contributed by atoms with E-state index in [-0.39, 0.29) is 11.8 Å². The van der Waals surface area contributed by atoms with Gasteiger partial charge < -0.3 is 9.84 Å². The van der Waals surface area contributed by atoms with Gasteiger partial charge in [-0.3, -0.25) is 0 Å². The molecule has 2 aliphatic rings. The van der Waals surface area contributed by atoms with E-state index in [0.717, 1.165) is 33.5 Å². The summed E-state index contributed by atoms with van der Waals surface area (Å²) >= 11 is 3.57. The van der Waals surface area contributed by atoms with Crippen molar-refractivity contribution >= 4 is 21.6 Å². The molecule has 5 heteroatoms. The SMILES string of the molecule is Oc1ccccc1[C@@H]1Oc2ccc(Br)cc2[C@@H]2CC(c3ccccc3)=NN21. The summed E-state index contributed by atoms with van der Waals surface area (Å²) in [6.07, 6.45) is 0.326. The predicted molar refractivity (Wildman–Crippen MR) is 108 cm³/mol. The lowest BCUT2D eigenvalue weighted by Gasteiger charge is -2.38. The van der Waals surface area contributed by atoms with Gasteiger partial charge in [0, 0.05) is 16.5 Å². The second-order valence-corrected chi connectivity index (χ2v) is 7.64. The molecule has 27 heavy (non-hydrogen) atoms. The quantitative estimate of drug-likeness (QED) is 0.603. The summed E-state index contributed by atoms with van der Waals surface area (Å²) in [6, 6.07) is 23.6. The van der Waals surface area contributed by atoms with Crippen LogP contribution in [0.5, 0.6) is 11.5 Å². The van der Waals surface area contributed by atoms with Gasteiger partial charge in [0.05, 0.1) is 17.3 Å². The highest BCUT2D eigenvalue weighted by molar-refractivity contribution is 9.10. The minimum atomic E-state index is -0.467. The van der Waals surface area contributed by atoms with Crippen molar-refractivity contribution in [3.05, 3.63) is 94.0 Å². The molecule has 0 radical (unpaired) electrons. The van der Waals surface area contributed by atoms with Crippen molar-refractivity contribution in [2.45, 2.75) is 18.7 Å². The Labute approximate surface area is 165 Å². The number of hydrogen-bond donors (Lipinski definition) is 1. The van der Waals surface area contributed by atoms with Crippen LogP contribution in [0.25, 0.3) is 0 Å². The van der Waals surface area contributed by atoms with Crippen molar-refractivity contribution in [1.82, 2.24) is 5.01 Å². The highest BCUT2D eigenvalue weighted by atomic mass is 79.9. The number of fused-ring (bicyclic) bond motifs is 3. The van der Waals surface area contributed by atoms with Gasteiger partial charge in [0.25, 0.3) is 0 Å². The van der Waals surface area contributed by atoms with Crippen LogP contribution in [0.15, 0.2) is 82.4 Å². The molecule has 0 bridgehead atoms. The zero-order valence-corrected chi connectivity index (χ0v) is 16.0. The van der Waals surface area contributed by atoms with Crippen molar-refractivity contribution in [2.75, 3.05) is 0 Å². The van der Waals surface area contributed by atoms with Gasteiger partial charge in [-0.15, -0.1) is 0 Å². The van der Waals surface area contributed by atoms with Gasteiger partial charge in [0.2, 0.25) is 6.23 Å².